The summed E-state index contributed by atoms with van der Waals surface area (Å²) in [5.41, 5.74) is 0.834. The first-order valence-electron chi connectivity index (χ1n) is 5.68. The van der Waals surface area contributed by atoms with Crippen molar-refractivity contribution >= 4 is 34.4 Å². The van der Waals surface area contributed by atoms with Crippen LogP contribution in [0.4, 0.5) is 19.3 Å². The lowest BCUT2D eigenvalue weighted by Gasteiger charge is -2.08. The first-order chi connectivity index (χ1) is 9.56. The van der Waals surface area contributed by atoms with Gasteiger partial charge in [-0.05, 0) is 40.3 Å². The van der Waals surface area contributed by atoms with Gasteiger partial charge in [-0.15, -0.1) is 0 Å². The molecule has 3 nitrogen and oxygen atoms in total. The zero-order chi connectivity index (χ0) is 14.5. The fourth-order valence-corrected chi connectivity index (χ4v) is 1.82. The first kappa shape index (κ1) is 14.7. The Labute approximate surface area is 128 Å². The SMILES string of the molecule is O=C(Nc1cc(F)c(I)c(F)c1)OCc1ccccc1. The molecule has 104 valence electrons. The molecule has 2 aromatic rings. The van der Waals surface area contributed by atoms with E-state index in [2.05, 4.69) is 5.32 Å². The monoisotopic (exact) mass is 389 g/mol. The molecule has 0 saturated heterocycles. The predicted octanol–water partition coefficient (Wildman–Crippen LogP) is 4.32. The van der Waals surface area contributed by atoms with E-state index < -0.39 is 17.7 Å². The van der Waals surface area contributed by atoms with E-state index in [1.165, 1.54) is 0 Å². The Morgan fingerprint density at radius 3 is 2.35 bits per heavy atom. The number of hydrogen-bond donors (Lipinski definition) is 1. The average Bonchev–Trinajstić information content (AvgIpc) is 2.43. The van der Waals surface area contributed by atoms with Crippen molar-refractivity contribution in [1.82, 2.24) is 0 Å². The van der Waals surface area contributed by atoms with Crippen LogP contribution in [-0.2, 0) is 11.3 Å². The van der Waals surface area contributed by atoms with E-state index in [1.54, 1.807) is 34.7 Å². The molecule has 0 fully saturated rings. The van der Waals surface area contributed by atoms with Crippen molar-refractivity contribution in [3.8, 4) is 0 Å². The van der Waals surface area contributed by atoms with Gasteiger partial charge in [0.15, 0.2) is 0 Å². The number of hydrogen-bond acceptors (Lipinski definition) is 2. The minimum absolute atomic E-state index is 0.0125. The van der Waals surface area contributed by atoms with Gasteiger partial charge in [-0.1, -0.05) is 30.3 Å². The van der Waals surface area contributed by atoms with E-state index in [0.717, 1.165) is 17.7 Å². The van der Waals surface area contributed by atoms with Gasteiger partial charge < -0.3 is 4.74 Å². The Bertz CT molecular complexity index is 597. The van der Waals surface area contributed by atoms with Crippen LogP contribution in [0.5, 0.6) is 0 Å². The largest absolute Gasteiger partial charge is 0.444 e. The average molecular weight is 389 g/mol. The molecule has 0 aliphatic heterocycles. The number of anilines is 1. The highest BCUT2D eigenvalue weighted by molar-refractivity contribution is 14.1. The van der Waals surface area contributed by atoms with Crippen molar-refractivity contribution in [3.05, 3.63) is 63.2 Å². The second-order valence-corrected chi connectivity index (χ2v) is 5.02. The molecule has 0 bridgehead atoms. The van der Waals surface area contributed by atoms with Crippen LogP contribution in [0, 0.1) is 15.2 Å². The van der Waals surface area contributed by atoms with Crippen molar-refractivity contribution in [1.29, 1.82) is 0 Å². The number of rotatable bonds is 3. The van der Waals surface area contributed by atoms with Crippen LogP contribution in [0.3, 0.4) is 0 Å². The van der Waals surface area contributed by atoms with Gasteiger partial charge >= 0.3 is 6.09 Å². The van der Waals surface area contributed by atoms with Crippen molar-refractivity contribution in [2.45, 2.75) is 6.61 Å². The molecule has 2 rings (SSSR count). The molecule has 2 aromatic carbocycles. The first-order valence-corrected chi connectivity index (χ1v) is 6.76. The molecular weight excluding hydrogens is 379 g/mol. The molecule has 0 atom stereocenters. The summed E-state index contributed by atoms with van der Waals surface area (Å²) in [6.45, 7) is 0.0853. The van der Waals surface area contributed by atoms with Gasteiger partial charge in [0.2, 0.25) is 0 Å². The Balaban J connectivity index is 1.95. The van der Waals surface area contributed by atoms with E-state index in [9.17, 15) is 13.6 Å². The zero-order valence-corrected chi connectivity index (χ0v) is 12.4. The number of amides is 1. The van der Waals surface area contributed by atoms with Gasteiger partial charge in [-0.3, -0.25) is 5.32 Å². The number of nitrogens with one attached hydrogen (secondary N) is 1. The summed E-state index contributed by atoms with van der Waals surface area (Å²) in [5, 5.41) is 2.28. The summed E-state index contributed by atoms with van der Waals surface area (Å²) >= 11 is 1.55. The fraction of sp³-hybridized carbons (Fsp3) is 0.0714. The third kappa shape index (κ3) is 3.89. The van der Waals surface area contributed by atoms with Gasteiger partial charge in [0.05, 0.1) is 3.57 Å². The van der Waals surface area contributed by atoms with Gasteiger partial charge in [-0.2, -0.15) is 0 Å². The molecule has 0 unspecified atom stereocenters. The van der Waals surface area contributed by atoms with Crippen LogP contribution >= 0.6 is 22.6 Å². The number of carbonyl (C=O) groups excluding carboxylic acids is 1. The van der Waals surface area contributed by atoms with Crippen molar-refractivity contribution in [2.75, 3.05) is 5.32 Å². The third-order valence-electron chi connectivity index (χ3n) is 2.44. The molecule has 6 heteroatoms. The maximum Gasteiger partial charge on any atom is 0.411 e. The number of ether oxygens (including phenoxy) is 1. The molecule has 0 radical (unpaired) electrons. The maximum atomic E-state index is 13.3. The van der Waals surface area contributed by atoms with E-state index in [4.69, 9.17) is 4.74 Å². The third-order valence-corrected chi connectivity index (χ3v) is 3.47. The quantitative estimate of drug-likeness (QED) is 0.628. The molecule has 0 aliphatic rings. The van der Waals surface area contributed by atoms with Crippen LogP contribution in [-0.4, -0.2) is 6.09 Å². The minimum atomic E-state index is -0.770. The minimum Gasteiger partial charge on any atom is -0.444 e. The highest BCUT2D eigenvalue weighted by Crippen LogP contribution is 2.20. The molecule has 0 spiro atoms. The van der Waals surface area contributed by atoms with Crippen molar-refractivity contribution in [2.24, 2.45) is 0 Å². The summed E-state index contributed by atoms with van der Waals surface area (Å²) in [7, 11) is 0. The molecule has 0 aromatic heterocycles. The van der Waals surface area contributed by atoms with Crippen LogP contribution < -0.4 is 5.32 Å². The summed E-state index contributed by atoms with van der Waals surface area (Å²) < 4.78 is 31.4. The summed E-state index contributed by atoms with van der Waals surface area (Å²) in [6, 6.07) is 11.2. The van der Waals surface area contributed by atoms with E-state index >= 15 is 0 Å². The zero-order valence-electron chi connectivity index (χ0n) is 10.2. The maximum absolute atomic E-state index is 13.3. The lowest BCUT2D eigenvalue weighted by Crippen LogP contribution is -2.14. The molecule has 0 aliphatic carbocycles. The Hall–Kier alpha value is -1.70. The highest BCUT2D eigenvalue weighted by atomic mass is 127. The smallest absolute Gasteiger partial charge is 0.411 e. The Morgan fingerprint density at radius 2 is 1.75 bits per heavy atom. The Kier molecular flexibility index (Phi) is 4.89. The molecular formula is C14H10F2INO2. The Morgan fingerprint density at radius 1 is 1.15 bits per heavy atom. The van der Waals surface area contributed by atoms with Crippen LogP contribution in [0.2, 0.25) is 0 Å². The van der Waals surface area contributed by atoms with E-state index in [1.807, 2.05) is 18.2 Å². The topological polar surface area (TPSA) is 38.3 Å². The van der Waals surface area contributed by atoms with Crippen LogP contribution in [0.15, 0.2) is 42.5 Å². The standard InChI is InChI=1S/C14H10F2INO2/c15-11-6-10(7-12(16)13(11)17)18-14(19)20-8-9-4-2-1-3-5-9/h1-7H,8H2,(H,18,19). The number of carbonyl (C=O) groups is 1. The second kappa shape index (κ2) is 6.65. The van der Waals surface area contributed by atoms with E-state index in [-0.39, 0.29) is 15.9 Å². The lowest BCUT2D eigenvalue weighted by molar-refractivity contribution is 0.155. The summed E-state index contributed by atoms with van der Waals surface area (Å²) in [4.78, 5) is 11.5. The number of benzene rings is 2. The number of halogens is 3. The van der Waals surface area contributed by atoms with Gasteiger partial charge in [0.1, 0.15) is 18.2 Å². The molecule has 1 amide bonds. The fourth-order valence-electron chi connectivity index (χ4n) is 1.50. The van der Waals surface area contributed by atoms with Crippen molar-refractivity contribution < 1.29 is 18.3 Å². The lowest BCUT2D eigenvalue weighted by atomic mass is 10.2. The normalized spacial score (nSPS) is 10.2. The molecule has 0 heterocycles. The van der Waals surface area contributed by atoms with Crippen LogP contribution in [0.1, 0.15) is 5.56 Å². The van der Waals surface area contributed by atoms with Gasteiger partial charge in [0, 0.05) is 5.69 Å². The van der Waals surface area contributed by atoms with Gasteiger partial charge in [-0.25, -0.2) is 13.6 Å². The molecule has 1 N–H and O–H groups in total. The summed E-state index contributed by atoms with van der Waals surface area (Å²) in [6.07, 6.45) is -0.770. The van der Waals surface area contributed by atoms with E-state index in [0.29, 0.717) is 0 Å². The van der Waals surface area contributed by atoms with Gasteiger partial charge in [0.25, 0.3) is 0 Å². The predicted molar refractivity (Wildman–Crippen MR) is 79.3 cm³/mol. The molecule has 20 heavy (non-hydrogen) atoms. The second-order valence-electron chi connectivity index (χ2n) is 3.94. The van der Waals surface area contributed by atoms with Crippen LogP contribution in [0.25, 0.3) is 0 Å². The van der Waals surface area contributed by atoms with Crippen molar-refractivity contribution in [3.63, 3.8) is 0 Å². The molecule has 0 saturated carbocycles. The summed E-state index contributed by atoms with van der Waals surface area (Å²) in [5.74, 6) is -1.46. The highest BCUT2D eigenvalue weighted by Gasteiger charge is 2.10.